The minimum absolute atomic E-state index is 0.133. The lowest BCUT2D eigenvalue weighted by Gasteiger charge is -2.17. The molecule has 1 heterocycles. The van der Waals surface area contributed by atoms with E-state index in [-0.39, 0.29) is 17.2 Å². The summed E-state index contributed by atoms with van der Waals surface area (Å²) in [5.41, 5.74) is 3.10. The molecule has 1 unspecified atom stereocenters. The number of nitrogens with zero attached hydrogens (tertiary/aromatic N) is 1. The number of anilines is 2. The van der Waals surface area contributed by atoms with Gasteiger partial charge in [-0.1, -0.05) is 72.8 Å². The predicted molar refractivity (Wildman–Crippen MR) is 193 cm³/mol. The number of carbonyl (C=O) groups is 3. The van der Waals surface area contributed by atoms with Crippen LogP contribution in [0.2, 0.25) is 0 Å². The van der Waals surface area contributed by atoms with E-state index in [1.165, 1.54) is 47.4 Å². The molecule has 0 fully saturated rings. The Kier molecular flexibility index (Phi) is 10.6. The molecule has 1 aliphatic rings. The van der Waals surface area contributed by atoms with E-state index in [9.17, 15) is 24.0 Å². The van der Waals surface area contributed by atoms with E-state index in [0.717, 1.165) is 41.7 Å². The van der Waals surface area contributed by atoms with Crippen LogP contribution in [0.1, 0.15) is 55.6 Å². The fraction of sp³-hybridized carbons (Fsp3) is 0.128. The van der Waals surface area contributed by atoms with Crippen LogP contribution in [0.25, 0.3) is 6.08 Å². The number of aryl methyl sites for hydroxylation is 1. The number of benzene rings is 4. The number of nitrogens with one attached hydrogen (secondary N) is 3. The average molecular weight is 687 g/mol. The van der Waals surface area contributed by atoms with Gasteiger partial charge in [-0.3, -0.25) is 14.4 Å². The summed E-state index contributed by atoms with van der Waals surface area (Å²) in [6.07, 6.45) is 5.14. The largest absolute Gasteiger partial charge is 0.321 e. The van der Waals surface area contributed by atoms with Gasteiger partial charge in [-0.05, 0) is 79.3 Å². The van der Waals surface area contributed by atoms with Crippen molar-refractivity contribution in [3.63, 3.8) is 0 Å². The number of rotatable bonds is 10. The van der Waals surface area contributed by atoms with Crippen molar-refractivity contribution in [2.24, 2.45) is 0 Å². The zero-order valence-electron chi connectivity index (χ0n) is 26.2. The first kappa shape index (κ1) is 33.4. The number of fused-ring (bicyclic) bond motifs is 1. The highest BCUT2D eigenvalue weighted by Gasteiger charge is 2.27. The summed E-state index contributed by atoms with van der Waals surface area (Å²) in [5.74, 6) is -1.99. The van der Waals surface area contributed by atoms with Crippen LogP contribution >= 0.6 is 23.1 Å². The third-order valence-electron chi connectivity index (χ3n) is 7.94. The molecular formula is C39H31FN4O3S2. The van der Waals surface area contributed by atoms with E-state index in [4.69, 9.17) is 0 Å². The molecule has 0 bridgehead atoms. The van der Waals surface area contributed by atoms with Crippen LogP contribution in [0.5, 0.6) is 0 Å². The molecule has 0 saturated heterocycles. The Hall–Kier alpha value is -5.50. The van der Waals surface area contributed by atoms with Crippen molar-refractivity contribution in [2.45, 2.75) is 35.8 Å². The SMILES string of the molecule is N#Cc1c(NC(=O)C(Sc2cccc(NC(=O)/C(=C/c3ccccc3F)NC(=O)c3ccccc3)c2)c2ccccc2)sc2c1CCCC2. The van der Waals surface area contributed by atoms with Crippen molar-refractivity contribution < 1.29 is 18.8 Å². The molecule has 1 aromatic heterocycles. The highest BCUT2D eigenvalue weighted by atomic mass is 32.2. The van der Waals surface area contributed by atoms with E-state index >= 15 is 0 Å². The standard InChI is InChI=1S/C39H31FN4O3S2/c40-32-20-9-7-16-27(32)22-33(43-36(45)26-14-5-2-6-15-26)37(46)42-28-17-11-18-29(23-28)48-35(25-12-3-1-4-13-25)38(47)44-39-31(24-41)30-19-8-10-21-34(30)49-39/h1-7,9,11-18,20,22-23,35H,8,10,19,21H2,(H,42,46)(H,43,45)(H,44,47)/b33-22-. The van der Waals surface area contributed by atoms with Crippen molar-refractivity contribution in [1.82, 2.24) is 5.32 Å². The minimum Gasteiger partial charge on any atom is -0.321 e. The van der Waals surface area contributed by atoms with E-state index < -0.39 is 22.9 Å². The Balaban J connectivity index is 1.24. The molecule has 0 saturated carbocycles. The van der Waals surface area contributed by atoms with E-state index in [1.807, 2.05) is 36.4 Å². The summed E-state index contributed by atoms with van der Waals surface area (Å²) in [6, 6.07) is 33.0. The van der Waals surface area contributed by atoms with Crippen LogP contribution in [0, 0.1) is 17.1 Å². The highest BCUT2D eigenvalue weighted by Crippen LogP contribution is 2.41. The quantitative estimate of drug-likeness (QED) is 0.101. The molecule has 1 aliphatic carbocycles. The van der Waals surface area contributed by atoms with Crippen molar-refractivity contribution in [1.29, 1.82) is 5.26 Å². The second kappa shape index (κ2) is 15.6. The number of hydrogen-bond donors (Lipinski definition) is 3. The molecule has 1 atom stereocenters. The van der Waals surface area contributed by atoms with Gasteiger partial charge in [0.05, 0.1) is 5.56 Å². The third-order valence-corrected chi connectivity index (χ3v) is 10.4. The van der Waals surface area contributed by atoms with Crippen LogP contribution in [0.15, 0.2) is 120 Å². The van der Waals surface area contributed by atoms with Crippen LogP contribution in [-0.4, -0.2) is 17.7 Å². The first-order valence-electron chi connectivity index (χ1n) is 15.7. The number of carbonyl (C=O) groups excluding carboxylic acids is 3. The van der Waals surface area contributed by atoms with Crippen LogP contribution in [-0.2, 0) is 22.4 Å². The van der Waals surface area contributed by atoms with Crippen molar-refractivity contribution in [2.75, 3.05) is 10.6 Å². The molecule has 7 nitrogen and oxygen atoms in total. The zero-order chi connectivity index (χ0) is 34.2. The molecule has 0 aliphatic heterocycles. The molecule has 244 valence electrons. The lowest BCUT2D eigenvalue weighted by Crippen LogP contribution is -2.30. The normalized spacial score (nSPS) is 13.0. The van der Waals surface area contributed by atoms with Gasteiger partial charge in [0.15, 0.2) is 0 Å². The summed E-state index contributed by atoms with van der Waals surface area (Å²) >= 11 is 2.78. The smallest absolute Gasteiger partial charge is 0.272 e. The molecule has 5 aromatic rings. The summed E-state index contributed by atoms with van der Waals surface area (Å²) < 4.78 is 14.6. The number of halogens is 1. The van der Waals surface area contributed by atoms with Crippen molar-refractivity contribution in [3.05, 3.63) is 153 Å². The maximum atomic E-state index is 14.6. The molecule has 10 heteroatoms. The third kappa shape index (κ3) is 8.15. The molecule has 6 rings (SSSR count). The maximum absolute atomic E-state index is 14.6. The zero-order valence-corrected chi connectivity index (χ0v) is 27.9. The molecular weight excluding hydrogens is 656 g/mol. The van der Waals surface area contributed by atoms with Crippen molar-refractivity contribution in [3.8, 4) is 6.07 Å². The van der Waals surface area contributed by atoms with Crippen molar-refractivity contribution >= 4 is 57.6 Å². The summed E-state index contributed by atoms with van der Waals surface area (Å²) in [7, 11) is 0. The Morgan fingerprint density at radius 3 is 2.33 bits per heavy atom. The van der Waals surface area contributed by atoms with Crippen LogP contribution in [0.4, 0.5) is 15.1 Å². The van der Waals surface area contributed by atoms with Gasteiger partial charge in [-0.15, -0.1) is 23.1 Å². The number of thiophene rings is 1. The second-order valence-corrected chi connectivity index (χ2v) is 13.6. The van der Waals surface area contributed by atoms with Gasteiger partial charge in [0.1, 0.15) is 27.8 Å². The second-order valence-electron chi connectivity index (χ2n) is 11.3. The highest BCUT2D eigenvalue weighted by molar-refractivity contribution is 8.00. The number of thioether (sulfide) groups is 1. The lowest BCUT2D eigenvalue weighted by atomic mass is 9.96. The summed E-state index contributed by atoms with van der Waals surface area (Å²) in [4.78, 5) is 42.3. The predicted octanol–water partition coefficient (Wildman–Crippen LogP) is 8.52. The van der Waals surface area contributed by atoms with Gasteiger partial charge in [-0.2, -0.15) is 5.26 Å². The Morgan fingerprint density at radius 2 is 1.57 bits per heavy atom. The minimum atomic E-state index is -0.667. The molecule has 0 radical (unpaired) electrons. The fourth-order valence-electron chi connectivity index (χ4n) is 5.52. The first-order valence-corrected chi connectivity index (χ1v) is 17.4. The topological polar surface area (TPSA) is 111 Å². The Morgan fingerprint density at radius 1 is 0.857 bits per heavy atom. The van der Waals surface area contributed by atoms with Gasteiger partial charge in [0.25, 0.3) is 11.8 Å². The van der Waals surface area contributed by atoms with Gasteiger partial charge in [-0.25, -0.2) is 4.39 Å². The van der Waals surface area contributed by atoms with Gasteiger partial charge in [0, 0.05) is 26.6 Å². The maximum Gasteiger partial charge on any atom is 0.272 e. The Labute approximate surface area is 291 Å². The number of amides is 3. The summed E-state index contributed by atoms with van der Waals surface area (Å²) in [6.45, 7) is 0. The monoisotopic (exact) mass is 686 g/mol. The molecule has 49 heavy (non-hydrogen) atoms. The van der Waals surface area contributed by atoms with Crippen LogP contribution in [0.3, 0.4) is 0 Å². The first-order chi connectivity index (χ1) is 23.9. The Bertz CT molecular complexity index is 2070. The van der Waals surface area contributed by atoms with Crippen LogP contribution < -0.4 is 16.0 Å². The molecule has 3 amide bonds. The van der Waals surface area contributed by atoms with Gasteiger partial charge >= 0.3 is 0 Å². The van der Waals surface area contributed by atoms with Gasteiger partial charge < -0.3 is 16.0 Å². The molecule has 3 N–H and O–H groups in total. The fourth-order valence-corrected chi connectivity index (χ4v) is 7.85. The lowest BCUT2D eigenvalue weighted by molar-refractivity contribution is -0.116. The molecule has 0 spiro atoms. The van der Waals surface area contributed by atoms with Gasteiger partial charge in [0.2, 0.25) is 5.91 Å². The summed E-state index contributed by atoms with van der Waals surface area (Å²) in [5, 5.41) is 18.3. The van der Waals surface area contributed by atoms with E-state index in [0.29, 0.717) is 26.7 Å². The molecule has 4 aromatic carbocycles. The number of hydrogen-bond acceptors (Lipinski definition) is 6. The number of nitriles is 1. The van der Waals surface area contributed by atoms with E-state index in [2.05, 4.69) is 22.0 Å². The average Bonchev–Trinajstić information content (AvgIpc) is 3.48. The van der Waals surface area contributed by atoms with E-state index in [1.54, 1.807) is 54.6 Å².